The normalized spacial score (nSPS) is 11.4. The van der Waals surface area contributed by atoms with Gasteiger partial charge in [0.05, 0.1) is 12.7 Å². The molecule has 0 fully saturated rings. The van der Waals surface area contributed by atoms with Gasteiger partial charge in [-0.1, -0.05) is 13.8 Å². The van der Waals surface area contributed by atoms with E-state index < -0.39 is 30.5 Å². The average molecular weight is 364 g/mol. The van der Waals surface area contributed by atoms with E-state index in [1.807, 2.05) is 13.8 Å². The Kier molecular flexibility index (Phi) is 8.27. The Morgan fingerprint density at radius 1 is 1.08 bits per heavy atom. The molecule has 0 unspecified atom stereocenters. The predicted octanol–water partition coefficient (Wildman–Crippen LogP) is 1.51. The number of nitrogens with one attached hydrogen (secondary N) is 2. The molecular formula is C18H24N2O6. The van der Waals surface area contributed by atoms with Gasteiger partial charge in [-0.05, 0) is 36.6 Å². The first-order valence-corrected chi connectivity index (χ1v) is 8.15. The topological polar surface area (TPSA) is 111 Å². The molecule has 0 aliphatic heterocycles. The lowest BCUT2D eigenvalue weighted by Gasteiger charge is -2.18. The predicted molar refractivity (Wildman–Crippen MR) is 94.4 cm³/mol. The molecule has 0 aliphatic rings. The van der Waals surface area contributed by atoms with Crippen LogP contribution in [0.3, 0.4) is 0 Å². The maximum absolute atomic E-state index is 12.0. The summed E-state index contributed by atoms with van der Waals surface area (Å²) < 4.78 is 9.60. The number of amides is 2. The van der Waals surface area contributed by atoms with Crippen LogP contribution in [0.2, 0.25) is 0 Å². The number of hydrogen-bond acceptors (Lipinski definition) is 6. The van der Waals surface area contributed by atoms with Crippen LogP contribution in [0.5, 0.6) is 0 Å². The third-order valence-corrected chi connectivity index (χ3v) is 3.30. The maximum Gasteiger partial charge on any atom is 0.338 e. The van der Waals surface area contributed by atoms with Gasteiger partial charge >= 0.3 is 11.9 Å². The van der Waals surface area contributed by atoms with Gasteiger partial charge in [-0.25, -0.2) is 9.59 Å². The van der Waals surface area contributed by atoms with Gasteiger partial charge in [-0.15, -0.1) is 0 Å². The summed E-state index contributed by atoms with van der Waals surface area (Å²) in [6.07, 6.45) is 0.414. The van der Waals surface area contributed by atoms with Gasteiger partial charge < -0.3 is 20.1 Å². The number of esters is 2. The summed E-state index contributed by atoms with van der Waals surface area (Å²) >= 11 is 0. The SMILES string of the molecule is COC(=O)[C@@H](CC(C)C)NC(=O)COC(=O)c1ccc(NC(C)=O)cc1. The van der Waals surface area contributed by atoms with Crippen molar-refractivity contribution in [2.45, 2.75) is 33.2 Å². The zero-order valence-electron chi connectivity index (χ0n) is 15.3. The van der Waals surface area contributed by atoms with Gasteiger partial charge in [-0.3, -0.25) is 9.59 Å². The van der Waals surface area contributed by atoms with Crippen molar-refractivity contribution in [3.63, 3.8) is 0 Å². The molecule has 0 aliphatic carbocycles. The zero-order chi connectivity index (χ0) is 19.7. The van der Waals surface area contributed by atoms with Crippen LogP contribution in [0.1, 0.15) is 37.6 Å². The second-order valence-electron chi connectivity index (χ2n) is 6.11. The summed E-state index contributed by atoms with van der Waals surface area (Å²) in [5.74, 6) is -1.88. The number of rotatable bonds is 8. The Bertz CT molecular complexity index is 654. The van der Waals surface area contributed by atoms with E-state index >= 15 is 0 Å². The molecule has 1 aromatic carbocycles. The molecule has 0 spiro atoms. The number of carbonyl (C=O) groups is 4. The van der Waals surface area contributed by atoms with Crippen molar-refractivity contribution in [2.75, 3.05) is 19.0 Å². The highest BCUT2D eigenvalue weighted by Gasteiger charge is 2.23. The first-order valence-electron chi connectivity index (χ1n) is 8.15. The highest BCUT2D eigenvalue weighted by Crippen LogP contribution is 2.11. The minimum atomic E-state index is -0.789. The molecule has 8 heteroatoms. The van der Waals surface area contributed by atoms with Crippen molar-refractivity contribution in [1.29, 1.82) is 0 Å². The summed E-state index contributed by atoms with van der Waals surface area (Å²) in [6.45, 7) is 4.68. The fourth-order valence-corrected chi connectivity index (χ4v) is 2.17. The van der Waals surface area contributed by atoms with E-state index in [1.54, 1.807) is 12.1 Å². The van der Waals surface area contributed by atoms with Gasteiger partial charge in [0.15, 0.2) is 6.61 Å². The van der Waals surface area contributed by atoms with E-state index in [-0.39, 0.29) is 17.4 Å². The van der Waals surface area contributed by atoms with Crippen LogP contribution in [0.4, 0.5) is 5.69 Å². The summed E-state index contributed by atoms with van der Waals surface area (Å²) in [5, 5.41) is 5.07. The van der Waals surface area contributed by atoms with Gasteiger partial charge in [0.25, 0.3) is 5.91 Å². The van der Waals surface area contributed by atoms with Crippen LogP contribution in [-0.2, 0) is 23.9 Å². The Hall–Kier alpha value is -2.90. The summed E-state index contributed by atoms with van der Waals surface area (Å²) in [5.41, 5.74) is 0.778. The number of ether oxygens (including phenoxy) is 2. The lowest BCUT2D eigenvalue weighted by Crippen LogP contribution is -2.44. The van der Waals surface area contributed by atoms with Crippen LogP contribution < -0.4 is 10.6 Å². The second-order valence-corrected chi connectivity index (χ2v) is 6.11. The van der Waals surface area contributed by atoms with Gasteiger partial charge in [0.2, 0.25) is 5.91 Å². The summed E-state index contributed by atoms with van der Waals surface area (Å²) in [6, 6.07) is 5.26. The van der Waals surface area contributed by atoms with E-state index in [0.29, 0.717) is 12.1 Å². The lowest BCUT2D eigenvalue weighted by atomic mass is 10.0. The molecule has 0 saturated carbocycles. The van der Waals surface area contributed by atoms with Crippen LogP contribution in [0, 0.1) is 5.92 Å². The molecule has 1 rings (SSSR count). The molecule has 2 amide bonds. The number of hydrogen-bond donors (Lipinski definition) is 2. The molecule has 142 valence electrons. The van der Waals surface area contributed by atoms with E-state index in [4.69, 9.17) is 4.74 Å². The van der Waals surface area contributed by atoms with E-state index in [2.05, 4.69) is 15.4 Å². The first kappa shape index (κ1) is 21.1. The fourth-order valence-electron chi connectivity index (χ4n) is 2.17. The minimum Gasteiger partial charge on any atom is -0.467 e. The summed E-state index contributed by atoms with van der Waals surface area (Å²) in [7, 11) is 1.24. The van der Waals surface area contributed by atoms with Crippen molar-refractivity contribution in [3.8, 4) is 0 Å². The molecule has 0 saturated heterocycles. The molecule has 0 heterocycles. The maximum atomic E-state index is 12.0. The molecule has 0 radical (unpaired) electrons. The van der Waals surface area contributed by atoms with Crippen molar-refractivity contribution >= 4 is 29.4 Å². The number of anilines is 1. The second kappa shape index (κ2) is 10.2. The monoisotopic (exact) mass is 364 g/mol. The fraction of sp³-hybridized carbons (Fsp3) is 0.444. The molecule has 0 aromatic heterocycles. The van der Waals surface area contributed by atoms with Crippen LogP contribution >= 0.6 is 0 Å². The zero-order valence-corrected chi connectivity index (χ0v) is 15.3. The number of benzene rings is 1. The van der Waals surface area contributed by atoms with Gasteiger partial charge in [-0.2, -0.15) is 0 Å². The minimum absolute atomic E-state index is 0.170. The largest absolute Gasteiger partial charge is 0.467 e. The van der Waals surface area contributed by atoms with Crippen molar-refractivity contribution in [2.24, 2.45) is 5.92 Å². The molecular weight excluding hydrogens is 340 g/mol. The van der Waals surface area contributed by atoms with Crippen LogP contribution in [0.15, 0.2) is 24.3 Å². The Balaban J connectivity index is 2.56. The third kappa shape index (κ3) is 7.33. The van der Waals surface area contributed by atoms with Crippen molar-refractivity contribution in [1.82, 2.24) is 5.32 Å². The van der Waals surface area contributed by atoms with E-state index in [1.165, 1.54) is 26.2 Å². The molecule has 8 nitrogen and oxygen atoms in total. The van der Waals surface area contributed by atoms with Crippen LogP contribution in [0.25, 0.3) is 0 Å². The highest BCUT2D eigenvalue weighted by atomic mass is 16.5. The molecule has 2 N–H and O–H groups in total. The molecule has 26 heavy (non-hydrogen) atoms. The van der Waals surface area contributed by atoms with Crippen molar-refractivity contribution < 1.29 is 28.7 Å². The highest BCUT2D eigenvalue weighted by molar-refractivity contribution is 5.93. The number of carbonyl (C=O) groups excluding carboxylic acids is 4. The molecule has 0 bridgehead atoms. The Morgan fingerprint density at radius 2 is 1.69 bits per heavy atom. The molecule has 1 atom stereocenters. The van der Waals surface area contributed by atoms with Gasteiger partial charge in [0, 0.05) is 12.6 Å². The smallest absolute Gasteiger partial charge is 0.338 e. The van der Waals surface area contributed by atoms with Gasteiger partial charge in [0.1, 0.15) is 6.04 Å². The molecule has 1 aromatic rings. The van der Waals surface area contributed by atoms with Crippen molar-refractivity contribution in [3.05, 3.63) is 29.8 Å². The Labute approximate surface area is 152 Å². The lowest BCUT2D eigenvalue weighted by molar-refractivity contribution is -0.145. The average Bonchev–Trinajstić information content (AvgIpc) is 2.58. The van der Waals surface area contributed by atoms with E-state index in [9.17, 15) is 19.2 Å². The van der Waals surface area contributed by atoms with E-state index in [0.717, 1.165) is 0 Å². The van der Waals surface area contributed by atoms with Crippen LogP contribution in [-0.4, -0.2) is 43.5 Å². The Morgan fingerprint density at radius 3 is 2.19 bits per heavy atom. The first-order chi connectivity index (χ1) is 12.2. The quantitative estimate of drug-likeness (QED) is 0.677. The standard InChI is InChI=1S/C18H24N2O6/c1-11(2)9-15(18(24)25-4)20-16(22)10-26-17(23)13-5-7-14(8-6-13)19-12(3)21/h5-8,11,15H,9-10H2,1-4H3,(H,19,21)(H,20,22)/t15-/m1/s1. The number of methoxy groups -OCH3 is 1. The summed E-state index contributed by atoms with van der Waals surface area (Å²) in [4.78, 5) is 46.5. The third-order valence-electron chi connectivity index (χ3n) is 3.30.